The van der Waals surface area contributed by atoms with E-state index in [2.05, 4.69) is 10.0 Å². The van der Waals surface area contributed by atoms with E-state index in [1.54, 1.807) is 0 Å². The van der Waals surface area contributed by atoms with Gasteiger partial charge in [0.1, 0.15) is 24.0 Å². The van der Waals surface area contributed by atoms with Crippen LogP contribution < -0.4 is 0 Å². The van der Waals surface area contributed by atoms with E-state index in [4.69, 9.17) is 24.5 Å². The molecular formula is C15H17N3O5. The van der Waals surface area contributed by atoms with Crippen molar-refractivity contribution in [3.05, 3.63) is 46.3 Å². The van der Waals surface area contributed by atoms with Crippen LogP contribution >= 0.6 is 0 Å². The van der Waals surface area contributed by atoms with E-state index < -0.39 is 30.3 Å². The molecule has 1 unspecified atom stereocenters. The summed E-state index contributed by atoms with van der Waals surface area (Å²) >= 11 is 0. The van der Waals surface area contributed by atoms with Crippen LogP contribution in [0.3, 0.4) is 0 Å². The number of hydrogen-bond donors (Lipinski definition) is 0. The van der Waals surface area contributed by atoms with Crippen molar-refractivity contribution in [1.29, 1.82) is 0 Å². The lowest BCUT2D eigenvalue weighted by Gasteiger charge is -2.48. The molecule has 1 aromatic rings. The van der Waals surface area contributed by atoms with Gasteiger partial charge in [0, 0.05) is 24.0 Å². The molecule has 1 aromatic carbocycles. The van der Waals surface area contributed by atoms with Crippen LogP contribution in [0, 0.1) is 0 Å². The zero-order valence-corrected chi connectivity index (χ0v) is 12.6. The Morgan fingerprint density at radius 1 is 1.39 bits per heavy atom. The van der Waals surface area contributed by atoms with Gasteiger partial charge in [0.05, 0.1) is 6.61 Å². The highest BCUT2D eigenvalue weighted by molar-refractivity contribution is 5.66. The number of carbonyl (C=O) groups excluding carboxylic acids is 1. The lowest BCUT2D eigenvalue weighted by Crippen LogP contribution is -2.62. The smallest absolute Gasteiger partial charge is 0.184 e. The largest absolute Gasteiger partial charge is 0.356 e. The Morgan fingerprint density at radius 3 is 2.83 bits per heavy atom. The molecule has 0 spiro atoms. The minimum Gasteiger partial charge on any atom is -0.356 e. The molecule has 0 N–H and O–H groups in total. The third-order valence-corrected chi connectivity index (χ3v) is 4.10. The molecule has 2 fully saturated rings. The second-order valence-corrected chi connectivity index (χ2v) is 5.48. The fraction of sp³-hybridized carbons (Fsp3) is 0.533. The maximum atomic E-state index is 11.7. The number of ether oxygens (including phenoxy) is 4. The van der Waals surface area contributed by atoms with Gasteiger partial charge in [-0.3, -0.25) is 0 Å². The first-order valence-corrected chi connectivity index (χ1v) is 7.25. The third kappa shape index (κ3) is 2.95. The summed E-state index contributed by atoms with van der Waals surface area (Å²) in [5.41, 5.74) is 8.32. The van der Waals surface area contributed by atoms with Gasteiger partial charge in [-0.25, -0.2) is 0 Å². The van der Waals surface area contributed by atoms with Crippen LogP contribution in [0.5, 0.6) is 0 Å². The Morgan fingerprint density at radius 2 is 2.17 bits per heavy atom. The highest BCUT2D eigenvalue weighted by Crippen LogP contribution is 2.40. The zero-order chi connectivity index (χ0) is 16.3. The summed E-state index contributed by atoms with van der Waals surface area (Å²) in [7, 11) is 1.47. The fourth-order valence-electron chi connectivity index (χ4n) is 2.95. The Balaban J connectivity index is 1.90. The summed E-state index contributed by atoms with van der Waals surface area (Å²) in [5.74, 6) is 0. The lowest BCUT2D eigenvalue weighted by atomic mass is 9.84. The first-order valence-electron chi connectivity index (χ1n) is 7.25. The molecule has 5 atom stereocenters. The fourth-order valence-corrected chi connectivity index (χ4v) is 2.95. The minimum atomic E-state index is -1.38. The average Bonchev–Trinajstić information content (AvgIpc) is 2.62. The Kier molecular flexibility index (Phi) is 4.61. The van der Waals surface area contributed by atoms with Crippen molar-refractivity contribution in [1.82, 2.24) is 0 Å². The summed E-state index contributed by atoms with van der Waals surface area (Å²) in [6.45, 7) is 0.209. The number of nitrogens with zero attached hydrogens (tertiary/aromatic N) is 3. The maximum absolute atomic E-state index is 11.7. The molecule has 8 heteroatoms. The van der Waals surface area contributed by atoms with Crippen molar-refractivity contribution in [2.24, 2.45) is 5.11 Å². The van der Waals surface area contributed by atoms with Crippen LogP contribution in [0.4, 0.5) is 0 Å². The van der Waals surface area contributed by atoms with Crippen molar-refractivity contribution in [3.63, 3.8) is 0 Å². The zero-order valence-electron chi connectivity index (χ0n) is 12.6. The van der Waals surface area contributed by atoms with Crippen LogP contribution in [0.1, 0.15) is 18.3 Å². The standard InChI is InChI=1S/C15H17N3O5/c1-20-12-7-15(9-19,17-18-16)13-11(22-12)8-21-14(23-13)10-5-3-2-4-6-10/h2-6,9,11-14H,7-8H2,1H3/t11-,12+,13-,14?,15-/m1/s1. The van der Waals surface area contributed by atoms with Gasteiger partial charge in [0.15, 0.2) is 12.6 Å². The molecule has 0 bridgehead atoms. The quantitative estimate of drug-likeness (QED) is 0.366. The van der Waals surface area contributed by atoms with Crippen LogP contribution in [-0.2, 0) is 23.7 Å². The van der Waals surface area contributed by atoms with Crippen molar-refractivity contribution >= 4 is 6.29 Å². The molecule has 0 radical (unpaired) electrons. The number of azide groups is 1. The highest BCUT2D eigenvalue weighted by Gasteiger charge is 2.54. The van der Waals surface area contributed by atoms with Crippen molar-refractivity contribution in [2.45, 2.75) is 36.7 Å². The number of benzene rings is 1. The van der Waals surface area contributed by atoms with Gasteiger partial charge in [-0.2, -0.15) is 0 Å². The second-order valence-electron chi connectivity index (χ2n) is 5.48. The van der Waals surface area contributed by atoms with Crippen LogP contribution in [0.25, 0.3) is 10.4 Å². The Hall–Kier alpha value is -1.96. The summed E-state index contributed by atoms with van der Waals surface area (Å²) in [4.78, 5) is 14.6. The molecule has 2 aliphatic rings. The Labute approximate surface area is 132 Å². The van der Waals surface area contributed by atoms with E-state index in [9.17, 15) is 4.79 Å². The van der Waals surface area contributed by atoms with Gasteiger partial charge < -0.3 is 23.7 Å². The first kappa shape index (κ1) is 15.9. The SMILES string of the molecule is CO[C@@H]1C[C@](C=O)(N=[N+]=[N-])[C@@H]2OC(c3ccccc3)OC[C@H]2O1. The van der Waals surface area contributed by atoms with Gasteiger partial charge in [0.2, 0.25) is 0 Å². The van der Waals surface area contributed by atoms with Crippen molar-refractivity contribution in [3.8, 4) is 0 Å². The molecule has 23 heavy (non-hydrogen) atoms. The summed E-state index contributed by atoms with van der Waals surface area (Å²) in [5, 5.41) is 3.72. The van der Waals surface area contributed by atoms with Gasteiger partial charge in [-0.1, -0.05) is 35.4 Å². The molecule has 0 aliphatic carbocycles. The number of fused-ring (bicyclic) bond motifs is 1. The van der Waals surface area contributed by atoms with Crippen LogP contribution in [0.2, 0.25) is 0 Å². The molecular weight excluding hydrogens is 302 g/mol. The molecule has 3 rings (SSSR count). The first-order chi connectivity index (χ1) is 11.2. The summed E-state index contributed by atoms with van der Waals surface area (Å²) in [6.07, 6.45) is -1.88. The third-order valence-electron chi connectivity index (χ3n) is 4.10. The van der Waals surface area contributed by atoms with Gasteiger partial charge in [-0.15, -0.1) is 0 Å². The predicted molar refractivity (Wildman–Crippen MR) is 78.2 cm³/mol. The average molecular weight is 319 g/mol. The van der Waals surface area contributed by atoms with Crippen molar-refractivity contribution < 1.29 is 23.7 Å². The van der Waals surface area contributed by atoms with E-state index in [0.717, 1.165) is 5.56 Å². The molecule has 2 aliphatic heterocycles. The summed E-state index contributed by atoms with van der Waals surface area (Å²) < 4.78 is 22.5. The number of methoxy groups -OCH3 is 1. The molecule has 122 valence electrons. The molecule has 2 heterocycles. The molecule has 0 amide bonds. The van der Waals surface area contributed by atoms with E-state index in [-0.39, 0.29) is 13.0 Å². The monoisotopic (exact) mass is 319 g/mol. The number of carbonyl (C=O) groups is 1. The predicted octanol–water partition coefficient (Wildman–Crippen LogP) is 2.11. The summed E-state index contributed by atoms with van der Waals surface area (Å²) in [6, 6.07) is 9.35. The van der Waals surface area contributed by atoms with Gasteiger partial charge >= 0.3 is 0 Å². The number of hydrogen-bond acceptors (Lipinski definition) is 6. The number of rotatable bonds is 4. The maximum Gasteiger partial charge on any atom is 0.184 e. The normalized spacial score (nSPS) is 36.6. The molecule has 8 nitrogen and oxygen atoms in total. The van der Waals surface area contributed by atoms with Crippen LogP contribution in [0.15, 0.2) is 35.4 Å². The molecule has 2 saturated heterocycles. The van der Waals surface area contributed by atoms with E-state index in [1.807, 2.05) is 30.3 Å². The van der Waals surface area contributed by atoms with E-state index >= 15 is 0 Å². The highest BCUT2D eigenvalue weighted by atomic mass is 16.7. The van der Waals surface area contributed by atoms with Gasteiger partial charge in [0.25, 0.3) is 0 Å². The number of aldehydes is 1. The Bertz CT molecular complexity index is 606. The van der Waals surface area contributed by atoms with E-state index in [0.29, 0.717) is 6.29 Å². The molecule has 0 saturated carbocycles. The van der Waals surface area contributed by atoms with Crippen molar-refractivity contribution in [2.75, 3.05) is 13.7 Å². The topological polar surface area (TPSA) is 103 Å². The lowest BCUT2D eigenvalue weighted by molar-refractivity contribution is -0.325. The van der Waals surface area contributed by atoms with Crippen LogP contribution in [-0.4, -0.2) is 44.0 Å². The second kappa shape index (κ2) is 6.66. The van der Waals surface area contributed by atoms with E-state index in [1.165, 1.54) is 7.11 Å². The van der Waals surface area contributed by atoms with Gasteiger partial charge in [-0.05, 0) is 5.53 Å². The minimum absolute atomic E-state index is 0.0970. The molecule has 0 aromatic heterocycles.